The van der Waals surface area contributed by atoms with E-state index in [0.29, 0.717) is 13.2 Å². The van der Waals surface area contributed by atoms with Gasteiger partial charge in [0.15, 0.2) is 0 Å². The summed E-state index contributed by atoms with van der Waals surface area (Å²) in [4.78, 5) is 71.5. The smallest absolute Gasteiger partial charge is 0.305 e. The highest BCUT2D eigenvalue weighted by Gasteiger charge is 2.31. The van der Waals surface area contributed by atoms with Gasteiger partial charge in [0.2, 0.25) is 23.6 Å². The van der Waals surface area contributed by atoms with Gasteiger partial charge in [0.25, 0.3) is 0 Å². The minimum absolute atomic E-state index is 0.0638. The van der Waals surface area contributed by atoms with Gasteiger partial charge in [0.1, 0.15) is 18.1 Å². The summed E-state index contributed by atoms with van der Waals surface area (Å²) in [5, 5.41) is 27.6. The lowest BCUT2D eigenvalue weighted by Crippen LogP contribution is -2.57. The van der Waals surface area contributed by atoms with Crippen molar-refractivity contribution in [1.82, 2.24) is 21.3 Å². The fraction of sp³-hybridized carbons (Fsp3) is 0.714. The topological polar surface area (TPSA) is 209 Å². The zero-order chi connectivity index (χ0) is 27.0. The molecule has 0 aliphatic heterocycles. The molecule has 0 rings (SSSR count). The SMILES string of the molecule is COCCOCCNC(=O)[C@H](CC(=O)O)NC(=O)[C@@H](CC(C)C)NC(=O)[C@H](CC(=O)O)NC(C)=O. The normalized spacial score (nSPS) is 13.3. The van der Waals surface area contributed by atoms with Crippen LogP contribution < -0.4 is 21.3 Å². The largest absolute Gasteiger partial charge is 0.481 e. The maximum Gasteiger partial charge on any atom is 0.305 e. The second kappa shape index (κ2) is 17.2. The van der Waals surface area contributed by atoms with Gasteiger partial charge in [-0.05, 0) is 12.3 Å². The molecule has 0 bridgehead atoms. The van der Waals surface area contributed by atoms with E-state index in [1.807, 2.05) is 0 Å². The van der Waals surface area contributed by atoms with Crippen LogP contribution in [0.4, 0.5) is 0 Å². The third kappa shape index (κ3) is 15.3. The summed E-state index contributed by atoms with van der Waals surface area (Å²) in [6, 6.07) is -4.08. The van der Waals surface area contributed by atoms with E-state index in [4.69, 9.17) is 19.7 Å². The van der Waals surface area contributed by atoms with Crippen molar-refractivity contribution in [2.75, 3.05) is 33.5 Å². The summed E-state index contributed by atoms with van der Waals surface area (Å²) in [6.45, 7) is 5.51. The first-order valence-corrected chi connectivity index (χ1v) is 11.0. The van der Waals surface area contributed by atoms with Gasteiger partial charge in [-0.15, -0.1) is 0 Å². The second-order valence-corrected chi connectivity index (χ2v) is 8.10. The highest BCUT2D eigenvalue weighted by Crippen LogP contribution is 2.07. The molecule has 0 aromatic heterocycles. The van der Waals surface area contributed by atoms with Crippen LogP contribution in [0.1, 0.15) is 40.0 Å². The number of carboxylic acids is 2. The number of amides is 4. The van der Waals surface area contributed by atoms with Gasteiger partial charge in [-0.3, -0.25) is 28.8 Å². The Morgan fingerprint density at radius 1 is 0.743 bits per heavy atom. The zero-order valence-corrected chi connectivity index (χ0v) is 20.4. The van der Waals surface area contributed by atoms with Crippen molar-refractivity contribution in [3.05, 3.63) is 0 Å². The Balaban J connectivity index is 5.32. The number of hydrogen-bond donors (Lipinski definition) is 6. The standard InChI is InChI=1S/C21H36N4O10/c1-12(2)9-14(24-21(33)16(11-18(29)30)23-13(3)26)20(32)25-15(10-17(27)28)19(31)22-5-6-35-8-7-34-4/h12,14-16H,5-11H2,1-4H3,(H,22,31)(H,23,26)(H,24,33)(H,25,32)(H,27,28)(H,29,30)/t14-,15+,16+/m1/s1. The van der Waals surface area contributed by atoms with E-state index in [2.05, 4.69) is 21.3 Å². The first-order chi connectivity index (χ1) is 16.4. The molecular formula is C21H36N4O10. The summed E-state index contributed by atoms with van der Waals surface area (Å²) in [5.41, 5.74) is 0. The Morgan fingerprint density at radius 2 is 1.26 bits per heavy atom. The average molecular weight is 505 g/mol. The summed E-state index contributed by atoms with van der Waals surface area (Å²) in [6.07, 6.45) is -1.32. The van der Waals surface area contributed by atoms with Crippen molar-refractivity contribution in [3.63, 3.8) is 0 Å². The van der Waals surface area contributed by atoms with Crippen LogP contribution in [0.2, 0.25) is 0 Å². The third-order valence-corrected chi connectivity index (χ3v) is 4.40. The molecule has 0 unspecified atom stereocenters. The number of carbonyl (C=O) groups excluding carboxylic acids is 4. The highest BCUT2D eigenvalue weighted by molar-refractivity contribution is 5.96. The Morgan fingerprint density at radius 3 is 1.74 bits per heavy atom. The molecule has 6 N–H and O–H groups in total. The van der Waals surface area contributed by atoms with Crippen LogP contribution in [-0.4, -0.2) is 97.4 Å². The van der Waals surface area contributed by atoms with E-state index in [-0.39, 0.29) is 25.5 Å². The molecule has 0 aliphatic carbocycles. The fourth-order valence-corrected chi connectivity index (χ4v) is 2.87. The van der Waals surface area contributed by atoms with Crippen molar-refractivity contribution in [2.24, 2.45) is 5.92 Å². The lowest BCUT2D eigenvalue weighted by molar-refractivity contribution is -0.141. The fourth-order valence-electron chi connectivity index (χ4n) is 2.87. The lowest BCUT2D eigenvalue weighted by Gasteiger charge is -2.25. The van der Waals surface area contributed by atoms with Crippen LogP contribution >= 0.6 is 0 Å². The molecule has 0 fully saturated rings. The highest BCUT2D eigenvalue weighted by atomic mass is 16.5. The van der Waals surface area contributed by atoms with Crippen LogP contribution in [0.15, 0.2) is 0 Å². The Bertz CT molecular complexity index is 728. The van der Waals surface area contributed by atoms with E-state index in [0.717, 1.165) is 6.92 Å². The molecule has 35 heavy (non-hydrogen) atoms. The predicted octanol–water partition coefficient (Wildman–Crippen LogP) is -1.76. The van der Waals surface area contributed by atoms with Gasteiger partial charge in [0, 0.05) is 20.6 Å². The zero-order valence-electron chi connectivity index (χ0n) is 20.4. The Labute approximate surface area is 203 Å². The van der Waals surface area contributed by atoms with Crippen molar-refractivity contribution >= 4 is 35.6 Å². The minimum atomic E-state index is -1.43. The molecule has 0 spiro atoms. The number of aliphatic carboxylic acids is 2. The van der Waals surface area contributed by atoms with Gasteiger partial charge < -0.3 is 41.0 Å². The predicted molar refractivity (Wildman–Crippen MR) is 121 cm³/mol. The number of nitrogens with one attached hydrogen (secondary N) is 4. The number of carbonyl (C=O) groups is 6. The van der Waals surface area contributed by atoms with Crippen LogP contribution in [0.3, 0.4) is 0 Å². The molecule has 0 aromatic carbocycles. The van der Waals surface area contributed by atoms with E-state index >= 15 is 0 Å². The molecule has 0 radical (unpaired) electrons. The molecule has 3 atom stereocenters. The van der Waals surface area contributed by atoms with Crippen LogP contribution in [0.5, 0.6) is 0 Å². The van der Waals surface area contributed by atoms with Crippen LogP contribution in [0, 0.1) is 5.92 Å². The molecular weight excluding hydrogens is 468 g/mol. The van der Waals surface area contributed by atoms with E-state index < -0.39 is 66.5 Å². The van der Waals surface area contributed by atoms with E-state index in [1.54, 1.807) is 13.8 Å². The van der Waals surface area contributed by atoms with Crippen molar-refractivity contribution in [2.45, 2.75) is 58.2 Å². The van der Waals surface area contributed by atoms with Gasteiger partial charge in [-0.1, -0.05) is 13.8 Å². The summed E-state index contributed by atoms with van der Waals surface area (Å²) < 4.78 is 10.0. The average Bonchev–Trinajstić information content (AvgIpc) is 2.73. The summed E-state index contributed by atoms with van der Waals surface area (Å²) >= 11 is 0. The van der Waals surface area contributed by atoms with Gasteiger partial charge in [-0.25, -0.2) is 0 Å². The van der Waals surface area contributed by atoms with Crippen molar-refractivity contribution in [1.29, 1.82) is 0 Å². The Hall–Kier alpha value is -3.26. The van der Waals surface area contributed by atoms with E-state index in [1.165, 1.54) is 7.11 Å². The number of rotatable bonds is 18. The second-order valence-electron chi connectivity index (χ2n) is 8.10. The number of methoxy groups -OCH3 is 1. The Kier molecular flexibility index (Phi) is 15.6. The molecule has 14 nitrogen and oxygen atoms in total. The molecule has 0 saturated heterocycles. The number of ether oxygens (including phenoxy) is 2. The quantitative estimate of drug-likeness (QED) is 0.116. The molecule has 200 valence electrons. The minimum Gasteiger partial charge on any atom is -0.481 e. The van der Waals surface area contributed by atoms with Gasteiger partial charge in [0.05, 0.1) is 32.7 Å². The number of hydrogen-bond acceptors (Lipinski definition) is 8. The van der Waals surface area contributed by atoms with Crippen molar-refractivity contribution in [3.8, 4) is 0 Å². The van der Waals surface area contributed by atoms with Crippen LogP contribution in [0.25, 0.3) is 0 Å². The molecule has 14 heteroatoms. The third-order valence-electron chi connectivity index (χ3n) is 4.40. The van der Waals surface area contributed by atoms with Gasteiger partial charge >= 0.3 is 11.9 Å². The maximum atomic E-state index is 12.9. The number of carboxylic acid groups (broad SMARTS) is 2. The maximum absolute atomic E-state index is 12.9. The molecule has 0 heterocycles. The monoisotopic (exact) mass is 504 g/mol. The lowest BCUT2D eigenvalue weighted by atomic mass is 10.0. The summed E-state index contributed by atoms with van der Waals surface area (Å²) in [5.74, 6) is -5.92. The summed E-state index contributed by atoms with van der Waals surface area (Å²) in [7, 11) is 1.51. The van der Waals surface area contributed by atoms with Gasteiger partial charge in [-0.2, -0.15) is 0 Å². The molecule has 0 aromatic rings. The molecule has 0 saturated carbocycles. The molecule has 0 aliphatic rings. The van der Waals surface area contributed by atoms with Crippen LogP contribution in [-0.2, 0) is 38.2 Å². The molecule has 4 amide bonds. The first kappa shape index (κ1) is 31.7. The van der Waals surface area contributed by atoms with Crippen molar-refractivity contribution < 1.29 is 48.5 Å². The first-order valence-electron chi connectivity index (χ1n) is 11.0. The van der Waals surface area contributed by atoms with E-state index in [9.17, 15) is 28.8 Å².